The van der Waals surface area contributed by atoms with Crippen molar-refractivity contribution in [2.24, 2.45) is 11.3 Å². The molecular weight excluding hydrogens is 238 g/mol. The Morgan fingerprint density at radius 2 is 1.89 bits per heavy atom. The molecule has 2 atom stereocenters. The largest absolute Gasteiger partial charge is 0.389 e. The molecule has 0 aromatic carbocycles. The van der Waals surface area contributed by atoms with Crippen LogP contribution in [0.5, 0.6) is 0 Å². The Kier molecular flexibility index (Phi) is 4.59. The number of rotatable bonds is 6. The van der Waals surface area contributed by atoms with Crippen LogP contribution in [0.3, 0.4) is 0 Å². The molecule has 2 fully saturated rings. The van der Waals surface area contributed by atoms with Crippen molar-refractivity contribution in [3.8, 4) is 0 Å². The van der Waals surface area contributed by atoms with Crippen molar-refractivity contribution in [1.82, 2.24) is 5.32 Å². The Balaban J connectivity index is 1.74. The van der Waals surface area contributed by atoms with Gasteiger partial charge in [-0.2, -0.15) is 0 Å². The first kappa shape index (κ1) is 15.3. The van der Waals surface area contributed by atoms with Gasteiger partial charge in [0.15, 0.2) is 0 Å². The Hall–Kier alpha value is -0.120. The van der Waals surface area contributed by atoms with Crippen molar-refractivity contribution < 1.29 is 9.84 Å². The lowest BCUT2D eigenvalue weighted by Crippen LogP contribution is -2.62. The number of hydrogen-bond acceptors (Lipinski definition) is 3. The van der Waals surface area contributed by atoms with E-state index >= 15 is 0 Å². The van der Waals surface area contributed by atoms with E-state index < -0.39 is 5.60 Å². The smallest absolute Gasteiger partial charge is 0.0771 e. The lowest BCUT2D eigenvalue weighted by molar-refractivity contribution is -0.127. The van der Waals surface area contributed by atoms with E-state index in [4.69, 9.17) is 4.74 Å². The summed E-state index contributed by atoms with van der Waals surface area (Å²) in [5.74, 6) is 0.599. The molecule has 0 heterocycles. The molecular formula is C16H31NO2. The Labute approximate surface area is 118 Å². The van der Waals surface area contributed by atoms with Crippen LogP contribution >= 0.6 is 0 Å². The number of hydrogen-bond donors (Lipinski definition) is 2. The average Bonchev–Trinajstić information content (AvgIpc) is 2.74. The molecule has 0 spiro atoms. The van der Waals surface area contributed by atoms with Crippen LogP contribution in [0.1, 0.15) is 59.8 Å². The Morgan fingerprint density at radius 1 is 1.26 bits per heavy atom. The van der Waals surface area contributed by atoms with Crippen molar-refractivity contribution in [3.63, 3.8) is 0 Å². The molecule has 0 bridgehead atoms. The quantitative estimate of drug-likeness (QED) is 0.779. The lowest BCUT2D eigenvalue weighted by Gasteiger charge is -2.52. The number of nitrogens with one attached hydrogen (secondary N) is 1. The van der Waals surface area contributed by atoms with E-state index in [0.29, 0.717) is 18.1 Å². The van der Waals surface area contributed by atoms with Gasteiger partial charge in [-0.3, -0.25) is 0 Å². The van der Waals surface area contributed by atoms with Gasteiger partial charge in [-0.1, -0.05) is 40.5 Å². The molecule has 2 aliphatic rings. The lowest BCUT2D eigenvalue weighted by atomic mass is 9.64. The second-order valence-electron chi connectivity index (χ2n) is 7.64. The third-order valence-electron chi connectivity index (χ3n) is 5.02. The van der Waals surface area contributed by atoms with Crippen LogP contribution in [0.25, 0.3) is 0 Å². The second kappa shape index (κ2) is 5.71. The Morgan fingerprint density at radius 3 is 2.42 bits per heavy atom. The summed E-state index contributed by atoms with van der Waals surface area (Å²) in [6.07, 6.45) is 5.71. The molecule has 2 rings (SSSR count). The molecule has 2 saturated carbocycles. The highest BCUT2D eigenvalue weighted by molar-refractivity contribution is 5.04. The third-order valence-corrected chi connectivity index (χ3v) is 5.02. The highest BCUT2D eigenvalue weighted by atomic mass is 16.5. The van der Waals surface area contributed by atoms with Gasteiger partial charge in [-0.15, -0.1) is 0 Å². The molecule has 0 saturated heterocycles. The van der Waals surface area contributed by atoms with Crippen molar-refractivity contribution >= 4 is 0 Å². The molecule has 3 nitrogen and oxygen atoms in total. The molecule has 0 aromatic heterocycles. The zero-order valence-electron chi connectivity index (χ0n) is 13.0. The van der Waals surface area contributed by atoms with E-state index in [1.165, 1.54) is 12.8 Å². The second-order valence-corrected chi connectivity index (χ2v) is 7.64. The molecule has 0 aliphatic heterocycles. The zero-order chi connectivity index (χ0) is 14.1. The Bertz CT molecular complexity index is 295. The van der Waals surface area contributed by atoms with Crippen molar-refractivity contribution in [3.05, 3.63) is 0 Å². The third kappa shape index (κ3) is 3.50. The van der Waals surface area contributed by atoms with Crippen molar-refractivity contribution in [2.45, 2.75) is 77.5 Å². The highest BCUT2D eigenvalue weighted by Gasteiger charge is 2.49. The van der Waals surface area contributed by atoms with E-state index in [1.807, 2.05) is 0 Å². The van der Waals surface area contributed by atoms with Crippen molar-refractivity contribution in [1.29, 1.82) is 0 Å². The molecule has 0 amide bonds. The van der Waals surface area contributed by atoms with Crippen LogP contribution in [0.2, 0.25) is 0 Å². The summed E-state index contributed by atoms with van der Waals surface area (Å²) >= 11 is 0. The van der Waals surface area contributed by atoms with Gasteiger partial charge in [-0.05, 0) is 25.2 Å². The molecule has 2 unspecified atom stereocenters. The zero-order valence-corrected chi connectivity index (χ0v) is 13.0. The first-order valence-electron chi connectivity index (χ1n) is 7.91. The summed E-state index contributed by atoms with van der Waals surface area (Å²) in [6, 6.07) is 0.481. The van der Waals surface area contributed by atoms with Gasteiger partial charge in [0, 0.05) is 24.6 Å². The van der Waals surface area contributed by atoms with E-state index in [-0.39, 0.29) is 5.41 Å². The summed E-state index contributed by atoms with van der Waals surface area (Å²) in [7, 11) is 0. The van der Waals surface area contributed by atoms with Gasteiger partial charge in [0.25, 0.3) is 0 Å². The fourth-order valence-electron chi connectivity index (χ4n) is 3.35. The number of aliphatic hydroxyl groups is 1. The van der Waals surface area contributed by atoms with Gasteiger partial charge < -0.3 is 15.2 Å². The van der Waals surface area contributed by atoms with Crippen LogP contribution in [0.4, 0.5) is 0 Å². The topological polar surface area (TPSA) is 41.5 Å². The minimum Gasteiger partial charge on any atom is -0.389 e. The molecule has 2 N–H and O–H groups in total. The minimum absolute atomic E-state index is 0.184. The van der Waals surface area contributed by atoms with E-state index in [0.717, 1.165) is 32.4 Å². The van der Waals surface area contributed by atoms with Gasteiger partial charge in [-0.25, -0.2) is 0 Å². The molecule has 3 heteroatoms. The minimum atomic E-state index is -0.444. The summed E-state index contributed by atoms with van der Waals surface area (Å²) in [6.45, 7) is 10.5. The predicted octanol–water partition coefficient (Wildman–Crippen LogP) is 2.72. The van der Waals surface area contributed by atoms with E-state index in [9.17, 15) is 5.11 Å². The molecule has 2 aliphatic carbocycles. The standard InChI is InChI=1S/C16H31NO2/c1-12(2)10-19-14-9-13(15(14,3)4)17-11-16(18)7-5-6-8-16/h12-14,17-18H,5-11H2,1-4H3. The van der Waals surface area contributed by atoms with Gasteiger partial charge in [0.1, 0.15) is 0 Å². The van der Waals surface area contributed by atoms with Crippen LogP contribution < -0.4 is 5.32 Å². The maximum Gasteiger partial charge on any atom is 0.0771 e. The first-order valence-corrected chi connectivity index (χ1v) is 7.91. The maximum absolute atomic E-state index is 10.4. The van der Waals surface area contributed by atoms with E-state index in [1.54, 1.807) is 0 Å². The molecule has 19 heavy (non-hydrogen) atoms. The fraction of sp³-hybridized carbons (Fsp3) is 1.00. The van der Waals surface area contributed by atoms with Crippen molar-refractivity contribution in [2.75, 3.05) is 13.2 Å². The maximum atomic E-state index is 10.4. The summed E-state index contributed by atoms with van der Waals surface area (Å²) in [4.78, 5) is 0. The number of ether oxygens (including phenoxy) is 1. The van der Waals surface area contributed by atoms with Gasteiger partial charge in [0.05, 0.1) is 11.7 Å². The van der Waals surface area contributed by atoms with Crippen LogP contribution in [-0.2, 0) is 4.74 Å². The SMILES string of the molecule is CC(C)COC1CC(NCC2(O)CCCC2)C1(C)C. The summed E-state index contributed by atoms with van der Waals surface area (Å²) < 4.78 is 5.98. The fourth-order valence-corrected chi connectivity index (χ4v) is 3.35. The summed E-state index contributed by atoms with van der Waals surface area (Å²) in [5, 5.41) is 14.0. The van der Waals surface area contributed by atoms with E-state index in [2.05, 4.69) is 33.0 Å². The summed E-state index contributed by atoms with van der Waals surface area (Å²) in [5.41, 5.74) is -0.260. The van der Waals surface area contributed by atoms with Crippen LogP contribution in [0.15, 0.2) is 0 Å². The van der Waals surface area contributed by atoms with Gasteiger partial charge >= 0.3 is 0 Å². The van der Waals surface area contributed by atoms with Crippen LogP contribution in [-0.4, -0.2) is 36.0 Å². The molecule has 112 valence electrons. The highest BCUT2D eigenvalue weighted by Crippen LogP contribution is 2.43. The van der Waals surface area contributed by atoms with Gasteiger partial charge in [0.2, 0.25) is 0 Å². The van der Waals surface area contributed by atoms with Crippen LogP contribution in [0, 0.1) is 11.3 Å². The first-order chi connectivity index (χ1) is 8.83. The predicted molar refractivity (Wildman–Crippen MR) is 78.2 cm³/mol. The molecule has 0 aromatic rings. The average molecular weight is 269 g/mol. The normalized spacial score (nSPS) is 32.5. The molecule has 0 radical (unpaired) electrons. The monoisotopic (exact) mass is 269 g/mol.